The topological polar surface area (TPSA) is 99.8 Å². The summed E-state index contributed by atoms with van der Waals surface area (Å²) in [5.74, 6) is -0.291. The number of carbonyl (C=O) groups is 3. The van der Waals surface area contributed by atoms with Gasteiger partial charge in [0.1, 0.15) is 0 Å². The Morgan fingerprint density at radius 2 is 1.72 bits per heavy atom. The summed E-state index contributed by atoms with van der Waals surface area (Å²) in [6, 6.07) is 10.3. The monoisotopic (exact) mass is 532 g/mol. The van der Waals surface area contributed by atoms with E-state index < -0.39 is 18.0 Å². The van der Waals surface area contributed by atoms with Crippen LogP contribution >= 0.6 is 23.2 Å². The molecule has 1 aliphatic heterocycles. The summed E-state index contributed by atoms with van der Waals surface area (Å²) in [4.78, 5) is 39.9. The number of allylic oxidation sites excluding steroid dienone is 1. The third-order valence-electron chi connectivity index (χ3n) is 5.51. The molecule has 10 heteroatoms. The van der Waals surface area contributed by atoms with Crippen LogP contribution in [0.15, 0.2) is 53.7 Å². The van der Waals surface area contributed by atoms with Crippen LogP contribution in [0, 0.1) is 5.92 Å². The lowest BCUT2D eigenvalue weighted by atomic mass is 9.94. The van der Waals surface area contributed by atoms with Crippen molar-refractivity contribution < 1.29 is 19.1 Å². The number of nitrogens with zero attached hydrogens (tertiary/aromatic N) is 1. The maximum Gasteiger partial charge on any atom is 0.338 e. The Labute approximate surface area is 221 Å². The van der Waals surface area contributed by atoms with Crippen molar-refractivity contribution in [3.8, 4) is 0 Å². The highest BCUT2D eigenvalue weighted by Crippen LogP contribution is 2.33. The first-order chi connectivity index (χ1) is 17.1. The zero-order valence-electron chi connectivity index (χ0n) is 20.7. The second-order valence-corrected chi connectivity index (χ2v) is 9.64. The van der Waals surface area contributed by atoms with E-state index in [1.165, 1.54) is 0 Å². The van der Waals surface area contributed by atoms with Gasteiger partial charge in [-0.2, -0.15) is 0 Å². The molecule has 0 radical (unpaired) electrons. The number of hydrogen-bond acceptors (Lipinski definition) is 4. The van der Waals surface area contributed by atoms with E-state index in [1.54, 1.807) is 54.3 Å². The molecule has 2 aromatic carbocycles. The Hall–Kier alpha value is -3.23. The van der Waals surface area contributed by atoms with Gasteiger partial charge in [-0.25, -0.2) is 14.4 Å². The molecule has 1 atom stereocenters. The summed E-state index contributed by atoms with van der Waals surface area (Å²) in [5, 5.41) is 8.90. The summed E-state index contributed by atoms with van der Waals surface area (Å²) in [6.07, 6.45) is 0.742. The zero-order chi connectivity index (χ0) is 26.4. The number of nitrogens with one attached hydrogen (secondary N) is 3. The van der Waals surface area contributed by atoms with Gasteiger partial charge in [-0.3, -0.25) is 4.90 Å². The van der Waals surface area contributed by atoms with E-state index in [0.717, 1.165) is 6.42 Å². The largest absolute Gasteiger partial charge is 0.462 e. The van der Waals surface area contributed by atoms with Crippen LogP contribution in [0.1, 0.15) is 45.7 Å². The summed E-state index contributed by atoms with van der Waals surface area (Å²) in [6.45, 7) is 8.40. The number of para-hydroxylation sites is 1. The van der Waals surface area contributed by atoms with Gasteiger partial charge in [0.15, 0.2) is 0 Å². The Morgan fingerprint density at radius 3 is 2.31 bits per heavy atom. The molecule has 1 heterocycles. The number of esters is 1. The summed E-state index contributed by atoms with van der Waals surface area (Å²) >= 11 is 12.2. The van der Waals surface area contributed by atoms with E-state index in [9.17, 15) is 14.4 Å². The molecule has 4 amide bonds. The Bertz CT molecular complexity index is 1140. The molecule has 8 nitrogen and oxygen atoms in total. The molecule has 0 aliphatic carbocycles. The number of hydrogen-bond donors (Lipinski definition) is 3. The number of carbonyl (C=O) groups excluding carboxylic acids is 3. The average Bonchev–Trinajstić information content (AvgIpc) is 2.83. The molecular weight excluding hydrogens is 503 g/mol. The maximum absolute atomic E-state index is 13.0. The molecule has 0 fully saturated rings. The van der Waals surface area contributed by atoms with Crippen molar-refractivity contribution in [2.75, 3.05) is 23.8 Å². The van der Waals surface area contributed by atoms with Crippen molar-refractivity contribution in [3.63, 3.8) is 0 Å². The first kappa shape index (κ1) is 27.4. The van der Waals surface area contributed by atoms with Gasteiger partial charge < -0.3 is 20.7 Å². The van der Waals surface area contributed by atoms with Crippen molar-refractivity contribution in [2.45, 2.75) is 40.2 Å². The molecule has 192 valence electrons. The van der Waals surface area contributed by atoms with Crippen molar-refractivity contribution in [2.24, 2.45) is 5.92 Å². The van der Waals surface area contributed by atoms with Crippen molar-refractivity contribution in [1.29, 1.82) is 0 Å². The Kier molecular flexibility index (Phi) is 9.23. The van der Waals surface area contributed by atoms with Crippen LogP contribution in [0.3, 0.4) is 0 Å². The zero-order valence-corrected chi connectivity index (χ0v) is 22.2. The van der Waals surface area contributed by atoms with E-state index in [-0.39, 0.29) is 18.6 Å². The molecule has 1 aliphatic rings. The Balaban J connectivity index is 1.81. The lowest BCUT2D eigenvalue weighted by Crippen LogP contribution is -2.48. The predicted octanol–water partition coefficient (Wildman–Crippen LogP) is 6.59. The van der Waals surface area contributed by atoms with Crippen molar-refractivity contribution in [1.82, 2.24) is 10.2 Å². The molecule has 3 N–H and O–H groups in total. The SMILES string of the molecule is CCCN1C(=O)NC(c2ccc(NC(=O)Nc3c(Cl)cccc3Cl)cc2)C(C(=O)OCC(C)C)=C1C. The molecule has 36 heavy (non-hydrogen) atoms. The second kappa shape index (κ2) is 12.1. The quantitative estimate of drug-likeness (QED) is 0.334. The van der Waals surface area contributed by atoms with Crippen LogP contribution < -0.4 is 16.0 Å². The third kappa shape index (κ3) is 6.50. The van der Waals surface area contributed by atoms with Gasteiger partial charge in [-0.05, 0) is 49.1 Å². The Morgan fingerprint density at radius 1 is 1.08 bits per heavy atom. The normalized spacial score (nSPS) is 15.6. The highest BCUT2D eigenvalue weighted by Gasteiger charge is 2.36. The predicted molar refractivity (Wildman–Crippen MR) is 142 cm³/mol. The van der Waals surface area contributed by atoms with Crippen LogP contribution in [-0.2, 0) is 9.53 Å². The first-order valence-corrected chi connectivity index (χ1v) is 12.5. The number of benzene rings is 2. The van der Waals surface area contributed by atoms with Crippen molar-refractivity contribution in [3.05, 3.63) is 69.3 Å². The molecule has 3 rings (SSSR count). The van der Waals surface area contributed by atoms with E-state index in [4.69, 9.17) is 27.9 Å². The lowest BCUT2D eigenvalue weighted by Gasteiger charge is -2.35. The minimum absolute atomic E-state index is 0.176. The van der Waals surface area contributed by atoms with Gasteiger partial charge in [-0.15, -0.1) is 0 Å². The molecule has 0 aromatic heterocycles. The first-order valence-electron chi connectivity index (χ1n) is 11.7. The van der Waals surface area contributed by atoms with Crippen LogP contribution in [0.4, 0.5) is 21.0 Å². The standard InChI is InChI=1S/C26H30Cl2N4O4/c1-5-13-32-16(4)21(24(33)36-14-15(2)3)22(31-26(32)35)17-9-11-18(12-10-17)29-25(34)30-23-19(27)7-6-8-20(23)28/h6-12,15,22H,5,13-14H2,1-4H3,(H,31,35)(H2,29,30,34). The van der Waals surface area contributed by atoms with Crippen LogP contribution in [0.5, 0.6) is 0 Å². The third-order valence-corrected chi connectivity index (χ3v) is 6.14. The number of urea groups is 2. The molecule has 0 bridgehead atoms. The van der Waals surface area contributed by atoms with Crippen LogP contribution in [0.25, 0.3) is 0 Å². The average molecular weight is 533 g/mol. The molecule has 2 aromatic rings. The van der Waals surface area contributed by atoms with Gasteiger partial charge in [0.25, 0.3) is 0 Å². The molecule has 0 saturated heterocycles. The highest BCUT2D eigenvalue weighted by atomic mass is 35.5. The van der Waals surface area contributed by atoms with E-state index in [1.807, 2.05) is 20.8 Å². The van der Waals surface area contributed by atoms with E-state index >= 15 is 0 Å². The van der Waals surface area contributed by atoms with Crippen LogP contribution in [0.2, 0.25) is 10.0 Å². The van der Waals surface area contributed by atoms with Crippen molar-refractivity contribution >= 4 is 52.6 Å². The molecule has 0 saturated carbocycles. The second-order valence-electron chi connectivity index (χ2n) is 8.82. The summed E-state index contributed by atoms with van der Waals surface area (Å²) < 4.78 is 5.52. The minimum atomic E-state index is -0.685. The lowest BCUT2D eigenvalue weighted by molar-refractivity contribution is -0.140. The fraction of sp³-hybridized carbons (Fsp3) is 0.346. The van der Waals surface area contributed by atoms with E-state index in [2.05, 4.69) is 16.0 Å². The van der Waals surface area contributed by atoms with E-state index in [0.29, 0.717) is 44.8 Å². The number of rotatable bonds is 8. The minimum Gasteiger partial charge on any atom is -0.462 e. The fourth-order valence-corrected chi connectivity index (χ4v) is 4.25. The fourth-order valence-electron chi connectivity index (χ4n) is 3.76. The van der Waals surface area contributed by atoms with Gasteiger partial charge in [0, 0.05) is 17.9 Å². The number of amides is 4. The number of ether oxygens (including phenoxy) is 1. The smallest absolute Gasteiger partial charge is 0.338 e. The van der Waals surface area contributed by atoms with Crippen LogP contribution in [-0.4, -0.2) is 36.1 Å². The maximum atomic E-state index is 13.0. The summed E-state index contributed by atoms with van der Waals surface area (Å²) in [7, 11) is 0. The van der Waals surface area contributed by atoms with Gasteiger partial charge in [0.05, 0.1) is 34.0 Å². The molecule has 1 unspecified atom stereocenters. The molecule has 0 spiro atoms. The number of halogens is 2. The van der Waals surface area contributed by atoms with Gasteiger partial charge >= 0.3 is 18.0 Å². The molecular formula is C26H30Cl2N4O4. The van der Waals surface area contributed by atoms with Gasteiger partial charge in [0.2, 0.25) is 0 Å². The number of anilines is 2. The summed E-state index contributed by atoms with van der Waals surface area (Å²) in [5.41, 5.74) is 2.43. The van der Waals surface area contributed by atoms with Gasteiger partial charge in [-0.1, -0.05) is 62.2 Å². The highest BCUT2D eigenvalue weighted by molar-refractivity contribution is 6.39.